The van der Waals surface area contributed by atoms with Crippen LogP contribution in [-0.2, 0) is 6.42 Å². The molecule has 0 spiro atoms. The van der Waals surface area contributed by atoms with E-state index in [4.69, 9.17) is 9.15 Å². The van der Waals surface area contributed by atoms with E-state index in [2.05, 4.69) is 0 Å². The van der Waals surface area contributed by atoms with E-state index < -0.39 is 0 Å². The normalized spacial score (nSPS) is 11.0. The number of methoxy groups -OCH3 is 1. The fourth-order valence-corrected chi connectivity index (χ4v) is 3.15. The fourth-order valence-electron chi connectivity index (χ4n) is 3.15. The molecule has 24 heavy (non-hydrogen) atoms. The maximum absolute atomic E-state index is 12.5. The van der Waals surface area contributed by atoms with Crippen molar-refractivity contribution in [2.24, 2.45) is 0 Å². The number of benzene rings is 3. The van der Waals surface area contributed by atoms with Crippen LogP contribution in [0.2, 0.25) is 0 Å². The summed E-state index contributed by atoms with van der Waals surface area (Å²) in [6.07, 6.45) is 0.478. The highest BCUT2D eigenvalue weighted by Gasteiger charge is 2.17. The van der Waals surface area contributed by atoms with Crippen molar-refractivity contribution >= 4 is 21.7 Å². The highest BCUT2D eigenvalue weighted by Crippen LogP contribution is 2.34. The molecule has 4 aromatic rings. The zero-order chi connectivity index (χ0) is 16.5. The van der Waals surface area contributed by atoms with Crippen LogP contribution in [0.4, 0.5) is 0 Å². The Balaban J connectivity index is 2.05. The van der Waals surface area contributed by atoms with Gasteiger partial charge in [-0.2, -0.15) is 0 Å². The number of fused-ring (bicyclic) bond motifs is 3. The highest BCUT2D eigenvalue weighted by molar-refractivity contribution is 6.08. The zero-order valence-electron chi connectivity index (χ0n) is 13.3. The van der Waals surface area contributed by atoms with E-state index in [0.717, 1.165) is 21.7 Å². The van der Waals surface area contributed by atoms with E-state index >= 15 is 0 Å². The molecule has 3 aromatic carbocycles. The maximum Gasteiger partial charge on any atom is 0.343 e. The average Bonchev–Trinajstić information content (AvgIpc) is 2.63. The molecule has 0 aliphatic carbocycles. The lowest BCUT2D eigenvalue weighted by molar-refractivity contribution is 0.407. The molecule has 0 atom stereocenters. The van der Waals surface area contributed by atoms with E-state index in [1.54, 1.807) is 7.11 Å². The Morgan fingerprint density at radius 1 is 0.917 bits per heavy atom. The topological polar surface area (TPSA) is 39.4 Å². The smallest absolute Gasteiger partial charge is 0.343 e. The molecular formula is C21H16O3. The van der Waals surface area contributed by atoms with Gasteiger partial charge in [0.05, 0.1) is 18.1 Å². The van der Waals surface area contributed by atoms with Crippen LogP contribution >= 0.6 is 0 Å². The van der Waals surface area contributed by atoms with Crippen molar-refractivity contribution < 1.29 is 9.15 Å². The van der Waals surface area contributed by atoms with Crippen molar-refractivity contribution in [2.75, 3.05) is 7.11 Å². The number of hydrogen-bond donors (Lipinski definition) is 0. The largest absolute Gasteiger partial charge is 0.495 e. The van der Waals surface area contributed by atoms with Gasteiger partial charge in [-0.05, 0) is 22.4 Å². The van der Waals surface area contributed by atoms with Gasteiger partial charge in [0.1, 0.15) is 11.3 Å². The van der Waals surface area contributed by atoms with Crippen molar-refractivity contribution in [3.8, 4) is 5.75 Å². The number of hydrogen-bond acceptors (Lipinski definition) is 3. The first-order chi connectivity index (χ1) is 11.8. The Morgan fingerprint density at radius 2 is 1.67 bits per heavy atom. The van der Waals surface area contributed by atoms with Crippen LogP contribution < -0.4 is 10.4 Å². The van der Waals surface area contributed by atoms with Gasteiger partial charge in [-0.15, -0.1) is 0 Å². The summed E-state index contributed by atoms with van der Waals surface area (Å²) >= 11 is 0. The average molecular weight is 316 g/mol. The molecule has 1 heterocycles. The van der Waals surface area contributed by atoms with Crippen LogP contribution in [0, 0.1) is 0 Å². The summed E-state index contributed by atoms with van der Waals surface area (Å²) in [5.74, 6) is 0.599. The molecule has 118 valence electrons. The van der Waals surface area contributed by atoms with Gasteiger partial charge in [-0.1, -0.05) is 60.7 Å². The summed E-state index contributed by atoms with van der Waals surface area (Å²) < 4.78 is 11.2. The van der Waals surface area contributed by atoms with Gasteiger partial charge in [0.2, 0.25) is 0 Å². The molecule has 0 aliphatic rings. The van der Waals surface area contributed by atoms with Gasteiger partial charge >= 0.3 is 5.63 Å². The fraction of sp³-hybridized carbons (Fsp3) is 0.0952. The first-order valence-corrected chi connectivity index (χ1v) is 7.83. The van der Waals surface area contributed by atoms with E-state index in [-0.39, 0.29) is 5.63 Å². The molecule has 0 radical (unpaired) electrons. The molecule has 0 N–H and O–H groups in total. The number of rotatable bonds is 3. The minimum atomic E-state index is -0.349. The summed E-state index contributed by atoms with van der Waals surface area (Å²) in [5, 5.41) is 2.95. The van der Waals surface area contributed by atoms with Crippen molar-refractivity contribution in [2.45, 2.75) is 6.42 Å². The van der Waals surface area contributed by atoms with Crippen molar-refractivity contribution in [3.05, 3.63) is 88.3 Å². The first kappa shape index (κ1) is 14.5. The summed E-state index contributed by atoms with van der Waals surface area (Å²) in [6, 6.07) is 21.7. The molecule has 3 heteroatoms. The Morgan fingerprint density at radius 3 is 2.46 bits per heavy atom. The van der Waals surface area contributed by atoms with E-state index in [1.807, 2.05) is 66.7 Å². The Labute approximate surface area is 139 Å². The second-order valence-corrected chi connectivity index (χ2v) is 5.72. The predicted molar refractivity (Wildman–Crippen MR) is 95.8 cm³/mol. The minimum Gasteiger partial charge on any atom is -0.495 e. The van der Waals surface area contributed by atoms with Crippen LogP contribution in [0.3, 0.4) is 0 Å². The first-order valence-electron chi connectivity index (χ1n) is 7.83. The Bertz CT molecular complexity index is 1080. The molecule has 0 saturated carbocycles. The van der Waals surface area contributed by atoms with Crippen LogP contribution in [0.5, 0.6) is 5.75 Å². The monoisotopic (exact) mass is 316 g/mol. The van der Waals surface area contributed by atoms with Crippen molar-refractivity contribution in [3.63, 3.8) is 0 Å². The molecule has 0 fully saturated rings. The predicted octanol–water partition coefficient (Wildman–Crippen LogP) is 4.55. The second-order valence-electron chi connectivity index (χ2n) is 5.72. The van der Waals surface area contributed by atoms with Gasteiger partial charge in [-0.25, -0.2) is 4.79 Å². The SMILES string of the molecule is COc1c(Cc2ccccc2)c(=O)oc2ccc3ccccc3c12. The summed E-state index contributed by atoms with van der Waals surface area (Å²) in [7, 11) is 1.60. The van der Waals surface area contributed by atoms with Crippen LogP contribution in [-0.4, -0.2) is 7.11 Å². The lowest BCUT2D eigenvalue weighted by Crippen LogP contribution is -2.11. The molecule has 4 rings (SSSR count). The summed E-state index contributed by atoms with van der Waals surface area (Å²) in [6.45, 7) is 0. The molecule has 0 aliphatic heterocycles. The second kappa shape index (κ2) is 5.85. The van der Waals surface area contributed by atoms with Crippen LogP contribution in [0.15, 0.2) is 75.9 Å². The molecule has 1 aromatic heterocycles. The van der Waals surface area contributed by atoms with E-state index in [9.17, 15) is 4.79 Å². The quantitative estimate of drug-likeness (QED) is 0.411. The van der Waals surface area contributed by atoms with E-state index in [1.165, 1.54) is 0 Å². The van der Waals surface area contributed by atoms with Crippen molar-refractivity contribution in [1.29, 1.82) is 0 Å². The molecule has 0 unspecified atom stereocenters. The van der Waals surface area contributed by atoms with Gasteiger partial charge in [-0.3, -0.25) is 0 Å². The summed E-state index contributed by atoms with van der Waals surface area (Å²) in [5.41, 5.74) is 1.79. The lowest BCUT2D eigenvalue weighted by Gasteiger charge is -2.12. The Kier molecular flexibility index (Phi) is 3.54. The molecule has 0 saturated heterocycles. The number of ether oxygens (including phenoxy) is 1. The van der Waals surface area contributed by atoms with Gasteiger partial charge in [0, 0.05) is 6.42 Å². The lowest BCUT2D eigenvalue weighted by atomic mass is 10.0. The third-order valence-corrected chi connectivity index (χ3v) is 4.27. The van der Waals surface area contributed by atoms with Crippen LogP contribution in [0.25, 0.3) is 21.7 Å². The molecular weight excluding hydrogens is 300 g/mol. The maximum atomic E-state index is 12.5. The zero-order valence-corrected chi connectivity index (χ0v) is 13.3. The van der Waals surface area contributed by atoms with Crippen molar-refractivity contribution in [1.82, 2.24) is 0 Å². The van der Waals surface area contributed by atoms with Crippen LogP contribution in [0.1, 0.15) is 11.1 Å². The van der Waals surface area contributed by atoms with E-state index in [0.29, 0.717) is 23.3 Å². The molecule has 0 bridgehead atoms. The third-order valence-electron chi connectivity index (χ3n) is 4.27. The van der Waals surface area contributed by atoms with Gasteiger partial charge in [0.15, 0.2) is 0 Å². The van der Waals surface area contributed by atoms with Gasteiger partial charge < -0.3 is 9.15 Å². The molecule has 0 amide bonds. The van der Waals surface area contributed by atoms with Gasteiger partial charge in [0.25, 0.3) is 0 Å². The standard InChI is InChI=1S/C21H16O3/c1-23-20-17(13-14-7-3-2-4-8-14)21(22)24-18-12-11-15-9-5-6-10-16(15)19(18)20/h2-12H,13H2,1H3. The summed E-state index contributed by atoms with van der Waals surface area (Å²) in [4.78, 5) is 12.5. The Hall–Kier alpha value is -3.07. The minimum absolute atomic E-state index is 0.349. The third kappa shape index (κ3) is 2.35. The highest BCUT2D eigenvalue weighted by atomic mass is 16.5. The molecule has 3 nitrogen and oxygen atoms in total.